The van der Waals surface area contributed by atoms with Gasteiger partial charge in [-0.05, 0) is 49.9 Å². The first-order valence-electron chi connectivity index (χ1n) is 9.36. The van der Waals surface area contributed by atoms with Gasteiger partial charge >= 0.3 is 6.03 Å². The molecule has 3 amide bonds. The van der Waals surface area contributed by atoms with Crippen molar-refractivity contribution in [2.75, 3.05) is 36.6 Å². The molecule has 0 radical (unpaired) electrons. The molecule has 2 aliphatic heterocycles. The van der Waals surface area contributed by atoms with Crippen LogP contribution < -0.4 is 15.4 Å². The van der Waals surface area contributed by atoms with Crippen LogP contribution in [0.4, 0.5) is 16.2 Å². The number of benzene rings is 1. The number of anilines is 2. The summed E-state index contributed by atoms with van der Waals surface area (Å²) in [6.45, 7) is 1.51. The van der Waals surface area contributed by atoms with Crippen LogP contribution in [0.3, 0.4) is 0 Å². The predicted molar refractivity (Wildman–Crippen MR) is 106 cm³/mol. The third-order valence-electron chi connectivity index (χ3n) is 4.72. The third kappa shape index (κ3) is 5.91. The summed E-state index contributed by atoms with van der Waals surface area (Å²) in [7, 11) is -3.30. The number of likely N-dealkylation sites (tertiary alicyclic amines) is 1. The van der Waals surface area contributed by atoms with Crippen molar-refractivity contribution in [1.29, 1.82) is 0 Å². The highest BCUT2D eigenvalue weighted by Crippen LogP contribution is 2.18. The van der Waals surface area contributed by atoms with Crippen molar-refractivity contribution in [3.05, 3.63) is 24.3 Å². The van der Waals surface area contributed by atoms with Crippen LogP contribution in [0.5, 0.6) is 0 Å². The number of nitrogens with one attached hydrogen (secondary N) is 3. The van der Waals surface area contributed by atoms with E-state index in [4.69, 9.17) is 4.74 Å². The number of nitrogens with zero attached hydrogens (tertiary/aromatic N) is 1. The Morgan fingerprint density at radius 1 is 1.07 bits per heavy atom. The lowest BCUT2D eigenvalue weighted by atomic mass is 10.1. The van der Waals surface area contributed by atoms with E-state index in [9.17, 15) is 18.0 Å². The molecule has 2 saturated heterocycles. The molecule has 2 aliphatic rings. The maximum Gasteiger partial charge on any atom is 0.321 e. The average Bonchev–Trinajstić information content (AvgIpc) is 3.17. The first-order valence-corrected chi connectivity index (χ1v) is 11.2. The minimum Gasteiger partial charge on any atom is -0.368 e. The fraction of sp³-hybridized carbons (Fsp3) is 0.556. The molecule has 0 saturated carbocycles. The van der Waals surface area contributed by atoms with Crippen LogP contribution >= 0.6 is 0 Å². The molecule has 2 atom stereocenters. The summed E-state index contributed by atoms with van der Waals surface area (Å²) >= 11 is 0. The maximum absolute atomic E-state index is 12.5. The van der Waals surface area contributed by atoms with Crippen LogP contribution in [0.25, 0.3) is 0 Å². The molecule has 2 fully saturated rings. The number of piperidine rings is 1. The summed E-state index contributed by atoms with van der Waals surface area (Å²) < 4.78 is 30.7. The van der Waals surface area contributed by atoms with E-state index in [1.54, 1.807) is 29.2 Å². The van der Waals surface area contributed by atoms with Gasteiger partial charge in [0.1, 0.15) is 6.10 Å². The zero-order chi connectivity index (χ0) is 20.1. The van der Waals surface area contributed by atoms with Crippen molar-refractivity contribution in [3.63, 3.8) is 0 Å². The third-order valence-corrected chi connectivity index (χ3v) is 5.48. The summed E-state index contributed by atoms with van der Waals surface area (Å²) in [5, 5.41) is 5.61. The van der Waals surface area contributed by atoms with Crippen LogP contribution in [0.15, 0.2) is 24.3 Å². The number of amides is 3. The number of ether oxygens (including phenoxy) is 1. The van der Waals surface area contributed by atoms with Crippen LogP contribution in [0.2, 0.25) is 0 Å². The highest BCUT2D eigenvalue weighted by molar-refractivity contribution is 7.88. The number of hydrogen-bond donors (Lipinski definition) is 3. The molecule has 154 valence electrons. The fourth-order valence-corrected chi connectivity index (χ4v) is 4.21. The van der Waals surface area contributed by atoms with Gasteiger partial charge < -0.3 is 20.3 Å². The molecule has 0 bridgehead atoms. The zero-order valence-electron chi connectivity index (χ0n) is 15.8. The van der Waals surface area contributed by atoms with Gasteiger partial charge in [-0.2, -0.15) is 0 Å². The van der Waals surface area contributed by atoms with E-state index < -0.39 is 16.1 Å². The van der Waals surface area contributed by atoms with E-state index >= 15 is 0 Å². The summed E-state index contributed by atoms with van der Waals surface area (Å²) in [6.07, 6.45) is 3.77. The Morgan fingerprint density at radius 2 is 1.75 bits per heavy atom. The number of hydrogen-bond acceptors (Lipinski definition) is 5. The van der Waals surface area contributed by atoms with Crippen molar-refractivity contribution in [3.8, 4) is 0 Å². The van der Waals surface area contributed by atoms with Gasteiger partial charge in [0.25, 0.3) is 5.91 Å². The molecule has 1 aromatic carbocycles. The number of rotatable bonds is 5. The molecule has 0 aliphatic carbocycles. The normalized spacial score (nSPS) is 22.7. The molecule has 28 heavy (non-hydrogen) atoms. The summed E-state index contributed by atoms with van der Waals surface area (Å²) in [6, 6.07) is 6.29. The van der Waals surface area contributed by atoms with E-state index in [0.29, 0.717) is 37.5 Å². The number of carbonyl (C=O) groups is 2. The highest BCUT2D eigenvalue weighted by atomic mass is 32.2. The van der Waals surface area contributed by atoms with Gasteiger partial charge in [-0.25, -0.2) is 17.9 Å². The lowest BCUT2D eigenvalue weighted by Crippen LogP contribution is -2.50. The summed E-state index contributed by atoms with van der Waals surface area (Å²) in [4.78, 5) is 26.1. The van der Waals surface area contributed by atoms with E-state index in [1.807, 2.05) is 0 Å². The van der Waals surface area contributed by atoms with E-state index in [1.165, 1.54) is 0 Å². The van der Waals surface area contributed by atoms with Gasteiger partial charge in [-0.3, -0.25) is 4.79 Å². The van der Waals surface area contributed by atoms with Gasteiger partial charge in [0, 0.05) is 37.1 Å². The largest absolute Gasteiger partial charge is 0.368 e. The Bertz CT molecular complexity index is 806. The van der Waals surface area contributed by atoms with Gasteiger partial charge in [0.05, 0.1) is 6.26 Å². The van der Waals surface area contributed by atoms with E-state index in [-0.39, 0.29) is 18.0 Å². The second-order valence-electron chi connectivity index (χ2n) is 7.17. The molecule has 0 spiro atoms. The Morgan fingerprint density at radius 3 is 2.36 bits per heavy atom. The summed E-state index contributed by atoms with van der Waals surface area (Å²) in [5.41, 5.74) is 1.23. The first-order chi connectivity index (χ1) is 13.3. The topological polar surface area (TPSA) is 117 Å². The second kappa shape index (κ2) is 8.89. The summed E-state index contributed by atoms with van der Waals surface area (Å²) in [5.74, 6) is -0.160. The molecular formula is C18H26N4O5S. The van der Waals surface area contributed by atoms with Crippen molar-refractivity contribution in [2.24, 2.45) is 0 Å². The van der Waals surface area contributed by atoms with Gasteiger partial charge in [0.15, 0.2) is 0 Å². The van der Waals surface area contributed by atoms with Crippen LogP contribution in [-0.4, -0.2) is 63.4 Å². The van der Waals surface area contributed by atoms with Gasteiger partial charge in [-0.1, -0.05) is 0 Å². The Labute approximate surface area is 164 Å². The highest BCUT2D eigenvalue weighted by Gasteiger charge is 2.26. The maximum atomic E-state index is 12.5. The van der Waals surface area contributed by atoms with Crippen molar-refractivity contribution < 1.29 is 22.7 Å². The molecule has 2 heterocycles. The van der Waals surface area contributed by atoms with Gasteiger partial charge in [-0.15, -0.1) is 0 Å². The average molecular weight is 410 g/mol. The molecular weight excluding hydrogens is 384 g/mol. The lowest BCUT2D eigenvalue weighted by molar-refractivity contribution is -0.124. The van der Waals surface area contributed by atoms with Crippen molar-refractivity contribution >= 4 is 33.3 Å². The Hall–Kier alpha value is -2.17. The minimum atomic E-state index is -3.30. The van der Waals surface area contributed by atoms with Crippen molar-refractivity contribution in [1.82, 2.24) is 9.62 Å². The Balaban J connectivity index is 1.51. The van der Waals surface area contributed by atoms with Crippen LogP contribution in [-0.2, 0) is 19.6 Å². The molecule has 0 aromatic heterocycles. The lowest BCUT2D eigenvalue weighted by Gasteiger charge is -2.32. The predicted octanol–water partition coefficient (Wildman–Crippen LogP) is 1.35. The quantitative estimate of drug-likeness (QED) is 0.677. The van der Waals surface area contributed by atoms with Crippen molar-refractivity contribution in [2.45, 2.75) is 37.8 Å². The monoisotopic (exact) mass is 410 g/mol. The second-order valence-corrected chi connectivity index (χ2v) is 8.95. The van der Waals surface area contributed by atoms with Gasteiger partial charge in [0.2, 0.25) is 10.0 Å². The first kappa shape index (κ1) is 20.6. The van der Waals surface area contributed by atoms with Crippen LogP contribution in [0.1, 0.15) is 25.7 Å². The number of urea groups is 1. The molecule has 1 aromatic rings. The Kier molecular flexibility index (Phi) is 6.53. The molecule has 9 nitrogen and oxygen atoms in total. The SMILES string of the molecule is CS(=O)(=O)NC1CCCN(C(=O)Nc2ccc(NC(=O)C3CCCO3)cc2)C1. The minimum absolute atomic E-state index is 0.160. The molecule has 10 heteroatoms. The molecule has 3 rings (SSSR count). The fourth-order valence-electron chi connectivity index (χ4n) is 3.41. The number of sulfonamides is 1. The van der Waals surface area contributed by atoms with E-state index in [2.05, 4.69) is 15.4 Å². The molecule has 2 unspecified atom stereocenters. The number of carbonyl (C=O) groups excluding carboxylic acids is 2. The smallest absolute Gasteiger partial charge is 0.321 e. The standard InChI is InChI=1S/C18H26N4O5S/c1-28(25,26)21-15-4-2-10-22(12-15)18(24)20-14-8-6-13(7-9-14)19-17(23)16-5-3-11-27-16/h6-9,15-16,21H,2-5,10-12H2,1H3,(H,19,23)(H,20,24). The van der Waals surface area contributed by atoms with E-state index in [0.717, 1.165) is 25.5 Å². The zero-order valence-corrected chi connectivity index (χ0v) is 16.6. The molecule has 3 N–H and O–H groups in total. The van der Waals surface area contributed by atoms with Crippen LogP contribution in [0, 0.1) is 0 Å².